The highest BCUT2D eigenvalue weighted by atomic mass is 16.5. The van der Waals surface area contributed by atoms with Crippen molar-refractivity contribution < 1.29 is 9.53 Å². The van der Waals surface area contributed by atoms with Crippen LogP contribution in [0.3, 0.4) is 0 Å². The van der Waals surface area contributed by atoms with Crippen molar-refractivity contribution in [1.29, 1.82) is 0 Å². The molecule has 4 rings (SSSR count). The molecule has 0 spiro atoms. The molecular weight excluding hydrogens is 376 g/mol. The fraction of sp³-hybridized carbons (Fsp3) is 0.0833. The van der Waals surface area contributed by atoms with Gasteiger partial charge in [-0.05, 0) is 35.4 Å². The summed E-state index contributed by atoms with van der Waals surface area (Å²) in [6.45, 7) is 0.858. The standard InChI is InChI=1S/C24H20N4O2/c29-24(28-16-18-10-12-25-13-11-18)23-22(26-14-15-27-23)20-8-6-19(7-9-20)17-30-21-4-2-1-3-5-21/h1-15H,16-17H2,(H,28,29). The third kappa shape index (κ3) is 4.86. The highest BCUT2D eigenvalue weighted by Crippen LogP contribution is 2.21. The van der Waals surface area contributed by atoms with E-state index in [-0.39, 0.29) is 5.91 Å². The van der Waals surface area contributed by atoms with E-state index >= 15 is 0 Å². The quantitative estimate of drug-likeness (QED) is 0.510. The van der Waals surface area contributed by atoms with E-state index in [1.165, 1.54) is 6.20 Å². The summed E-state index contributed by atoms with van der Waals surface area (Å²) in [6, 6.07) is 21.2. The van der Waals surface area contributed by atoms with Crippen molar-refractivity contribution in [3.63, 3.8) is 0 Å². The Bertz CT molecular complexity index is 1100. The fourth-order valence-electron chi connectivity index (χ4n) is 2.92. The zero-order valence-electron chi connectivity index (χ0n) is 16.2. The molecule has 6 heteroatoms. The van der Waals surface area contributed by atoms with Gasteiger partial charge in [-0.2, -0.15) is 0 Å². The molecular formula is C24H20N4O2. The van der Waals surface area contributed by atoms with E-state index in [0.29, 0.717) is 24.5 Å². The van der Waals surface area contributed by atoms with Crippen molar-refractivity contribution in [2.45, 2.75) is 13.2 Å². The van der Waals surface area contributed by atoms with Crippen molar-refractivity contribution >= 4 is 5.91 Å². The number of ether oxygens (including phenoxy) is 1. The first-order valence-corrected chi connectivity index (χ1v) is 9.55. The Morgan fingerprint density at radius 1 is 0.800 bits per heavy atom. The van der Waals surface area contributed by atoms with Crippen LogP contribution >= 0.6 is 0 Å². The topological polar surface area (TPSA) is 77.0 Å². The predicted molar refractivity (Wildman–Crippen MR) is 114 cm³/mol. The zero-order valence-corrected chi connectivity index (χ0v) is 16.2. The Morgan fingerprint density at radius 2 is 1.53 bits per heavy atom. The molecule has 2 aromatic heterocycles. The molecule has 0 fully saturated rings. The smallest absolute Gasteiger partial charge is 0.272 e. The summed E-state index contributed by atoms with van der Waals surface area (Å²) in [6.07, 6.45) is 6.49. The van der Waals surface area contributed by atoms with Gasteiger partial charge in [0.2, 0.25) is 0 Å². The molecule has 0 aliphatic carbocycles. The molecule has 2 heterocycles. The fourth-order valence-corrected chi connectivity index (χ4v) is 2.92. The van der Waals surface area contributed by atoms with Gasteiger partial charge in [0, 0.05) is 36.9 Å². The lowest BCUT2D eigenvalue weighted by Crippen LogP contribution is -2.24. The molecule has 0 bridgehead atoms. The van der Waals surface area contributed by atoms with Crippen LogP contribution in [0.2, 0.25) is 0 Å². The van der Waals surface area contributed by atoms with E-state index < -0.39 is 0 Å². The van der Waals surface area contributed by atoms with Crippen LogP contribution in [0.4, 0.5) is 0 Å². The molecule has 1 amide bonds. The summed E-state index contributed by atoms with van der Waals surface area (Å²) in [5, 5.41) is 2.89. The number of benzene rings is 2. The summed E-state index contributed by atoms with van der Waals surface area (Å²) in [5.74, 6) is 0.551. The number of hydrogen-bond donors (Lipinski definition) is 1. The normalized spacial score (nSPS) is 10.4. The number of nitrogens with one attached hydrogen (secondary N) is 1. The van der Waals surface area contributed by atoms with Crippen LogP contribution in [-0.2, 0) is 13.2 Å². The van der Waals surface area contributed by atoms with Crippen LogP contribution in [-0.4, -0.2) is 20.9 Å². The summed E-state index contributed by atoms with van der Waals surface area (Å²) < 4.78 is 5.78. The van der Waals surface area contributed by atoms with Gasteiger partial charge in [0.15, 0.2) is 5.69 Å². The number of aromatic nitrogens is 3. The van der Waals surface area contributed by atoms with E-state index in [4.69, 9.17) is 4.74 Å². The van der Waals surface area contributed by atoms with Gasteiger partial charge in [-0.1, -0.05) is 42.5 Å². The van der Waals surface area contributed by atoms with E-state index in [1.54, 1.807) is 18.6 Å². The molecule has 0 saturated carbocycles. The van der Waals surface area contributed by atoms with E-state index in [1.807, 2.05) is 66.7 Å². The molecule has 1 N–H and O–H groups in total. The second-order valence-corrected chi connectivity index (χ2v) is 6.59. The van der Waals surface area contributed by atoms with Gasteiger partial charge in [-0.3, -0.25) is 14.8 Å². The lowest BCUT2D eigenvalue weighted by atomic mass is 10.1. The first-order valence-electron chi connectivity index (χ1n) is 9.55. The molecule has 0 unspecified atom stereocenters. The second kappa shape index (κ2) is 9.43. The van der Waals surface area contributed by atoms with E-state index in [2.05, 4.69) is 20.3 Å². The summed E-state index contributed by atoms with van der Waals surface area (Å²) in [7, 11) is 0. The summed E-state index contributed by atoms with van der Waals surface area (Å²) in [5.41, 5.74) is 3.64. The van der Waals surface area contributed by atoms with Gasteiger partial charge in [0.1, 0.15) is 18.1 Å². The molecule has 0 radical (unpaired) electrons. The van der Waals surface area contributed by atoms with Gasteiger partial charge in [0.05, 0.1) is 0 Å². The molecule has 0 aliphatic heterocycles. The van der Waals surface area contributed by atoms with Crippen molar-refractivity contribution in [1.82, 2.24) is 20.3 Å². The molecule has 6 nitrogen and oxygen atoms in total. The van der Waals surface area contributed by atoms with Crippen molar-refractivity contribution in [3.8, 4) is 17.0 Å². The van der Waals surface area contributed by atoms with Gasteiger partial charge in [-0.15, -0.1) is 0 Å². The van der Waals surface area contributed by atoms with Crippen molar-refractivity contribution in [2.24, 2.45) is 0 Å². The Labute approximate surface area is 174 Å². The number of para-hydroxylation sites is 1. The number of hydrogen-bond acceptors (Lipinski definition) is 5. The number of amides is 1. The Morgan fingerprint density at radius 3 is 2.30 bits per heavy atom. The Hall–Kier alpha value is -4.06. The maximum absolute atomic E-state index is 12.7. The van der Waals surface area contributed by atoms with Crippen molar-refractivity contribution in [2.75, 3.05) is 0 Å². The minimum atomic E-state index is -0.272. The molecule has 148 valence electrons. The van der Waals surface area contributed by atoms with Crippen LogP contribution in [0.15, 0.2) is 91.5 Å². The van der Waals surface area contributed by atoms with Crippen LogP contribution in [0.25, 0.3) is 11.3 Å². The van der Waals surface area contributed by atoms with Gasteiger partial charge in [-0.25, -0.2) is 4.98 Å². The summed E-state index contributed by atoms with van der Waals surface area (Å²) in [4.78, 5) is 25.3. The van der Waals surface area contributed by atoms with Gasteiger partial charge >= 0.3 is 0 Å². The number of carbonyl (C=O) groups excluding carboxylic acids is 1. The van der Waals surface area contributed by atoms with Gasteiger partial charge < -0.3 is 10.1 Å². The maximum Gasteiger partial charge on any atom is 0.272 e. The largest absolute Gasteiger partial charge is 0.489 e. The Balaban J connectivity index is 1.45. The highest BCUT2D eigenvalue weighted by molar-refractivity contribution is 5.97. The first-order chi connectivity index (χ1) is 14.8. The number of rotatable bonds is 7. The third-order valence-electron chi connectivity index (χ3n) is 4.49. The van der Waals surface area contributed by atoms with Crippen LogP contribution in [0.5, 0.6) is 5.75 Å². The minimum Gasteiger partial charge on any atom is -0.489 e. The Kier molecular flexibility index (Phi) is 6.05. The lowest BCUT2D eigenvalue weighted by Gasteiger charge is -2.10. The SMILES string of the molecule is O=C(NCc1ccncc1)c1nccnc1-c1ccc(COc2ccccc2)cc1. The number of nitrogens with zero attached hydrogens (tertiary/aromatic N) is 3. The second-order valence-electron chi connectivity index (χ2n) is 6.59. The van der Waals surface area contributed by atoms with Crippen LogP contribution < -0.4 is 10.1 Å². The maximum atomic E-state index is 12.7. The van der Waals surface area contributed by atoms with Crippen molar-refractivity contribution in [3.05, 3.63) is 108 Å². The number of pyridine rings is 1. The van der Waals surface area contributed by atoms with E-state index in [9.17, 15) is 4.79 Å². The highest BCUT2D eigenvalue weighted by Gasteiger charge is 2.15. The van der Waals surface area contributed by atoms with E-state index in [0.717, 1.165) is 22.4 Å². The van der Waals surface area contributed by atoms with Crippen LogP contribution in [0.1, 0.15) is 21.6 Å². The van der Waals surface area contributed by atoms with Crippen LogP contribution in [0, 0.1) is 0 Å². The molecule has 30 heavy (non-hydrogen) atoms. The molecule has 4 aromatic rings. The lowest BCUT2D eigenvalue weighted by molar-refractivity contribution is 0.0946. The minimum absolute atomic E-state index is 0.272. The third-order valence-corrected chi connectivity index (χ3v) is 4.49. The molecule has 0 saturated heterocycles. The molecule has 0 aliphatic rings. The average molecular weight is 396 g/mol. The monoisotopic (exact) mass is 396 g/mol. The molecule has 2 aromatic carbocycles. The predicted octanol–water partition coefficient (Wildman–Crippen LogP) is 4.05. The van der Waals surface area contributed by atoms with Gasteiger partial charge in [0.25, 0.3) is 5.91 Å². The average Bonchev–Trinajstić information content (AvgIpc) is 2.83. The summed E-state index contributed by atoms with van der Waals surface area (Å²) >= 11 is 0. The molecule has 0 atom stereocenters. The zero-order chi connectivity index (χ0) is 20.6. The number of carbonyl (C=O) groups is 1. The first kappa shape index (κ1) is 19.3.